The van der Waals surface area contributed by atoms with E-state index in [0.29, 0.717) is 35.7 Å². The fraction of sp³-hybridized carbons (Fsp3) is 0.526. The lowest BCUT2D eigenvalue weighted by molar-refractivity contribution is 0.00624. The van der Waals surface area contributed by atoms with E-state index in [1.54, 1.807) is 51.9 Å². The molecule has 0 radical (unpaired) electrons. The highest BCUT2D eigenvalue weighted by Crippen LogP contribution is 2.30. The van der Waals surface area contributed by atoms with Crippen molar-refractivity contribution in [3.63, 3.8) is 0 Å². The minimum absolute atomic E-state index is 0.236. The first-order chi connectivity index (χ1) is 12.7. The number of aromatic amines is 1. The van der Waals surface area contributed by atoms with Crippen molar-refractivity contribution < 1.29 is 23.6 Å². The summed E-state index contributed by atoms with van der Waals surface area (Å²) in [5.41, 5.74) is 0.516. The second kappa shape index (κ2) is 8.28. The van der Waals surface area contributed by atoms with Crippen LogP contribution in [0.3, 0.4) is 0 Å². The molecule has 0 aliphatic carbocycles. The summed E-state index contributed by atoms with van der Waals surface area (Å²) in [6, 6.07) is 1.74. The van der Waals surface area contributed by atoms with Crippen molar-refractivity contribution in [2.24, 2.45) is 0 Å². The summed E-state index contributed by atoms with van der Waals surface area (Å²) in [4.78, 5) is 30.1. The van der Waals surface area contributed by atoms with Crippen molar-refractivity contribution in [3.8, 4) is 0 Å². The van der Waals surface area contributed by atoms with Crippen LogP contribution in [0.5, 0.6) is 0 Å². The largest absolute Gasteiger partial charge is 0.462 e. The molecule has 27 heavy (non-hydrogen) atoms. The Labute approximate surface area is 158 Å². The normalized spacial score (nSPS) is 11.3. The van der Waals surface area contributed by atoms with Gasteiger partial charge in [0.15, 0.2) is 5.76 Å². The fourth-order valence-electron chi connectivity index (χ4n) is 2.73. The highest BCUT2D eigenvalue weighted by Gasteiger charge is 2.30. The lowest BCUT2D eigenvalue weighted by atomic mass is 10.1. The molecule has 2 rings (SSSR count). The van der Waals surface area contributed by atoms with Crippen LogP contribution in [0, 0.1) is 0 Å². The van der Waals surface area contributed by atoms with Crippen molar-refractivity contribution in [1.29, 1.82) is 0 Å². The van der Waals surface area contributed by atoms with Gasteiger partial charge in [0, 0.05) is 18.7 Å². The van der Waals surface area contributed by atoms with E-state index in [9.17, 15) is 9.59 Å². The van der Waals surface area contributed by atoms with Gasteiger partial charge in [0.25, 0.3) is 0 Å². The summed E-state index contributed by atoms with van der Waals surface area (Å²) >= 11 is 0. The van der Waals surface area contributed by atoms with Gasteiger partial charge < -0.3 is 23.9 Å². The van der Waals surface area contributed by atoms with Crippen molar-refractivity contribution in [2.45, 2.75) is 53.2 Å². The monoisotopic (exact) mass is 377 g/mol. The number of ether oxygens (including phenoxy) is 2. The van der Waals surface area contributed by atoms with Crippen LogP contribution in [0.2, 0.25) is 0 Å². The van der Waals surface area contributed by atoms with Crippen LogP contribution in [0.25, 0.3) is 0 Å². The van der Waals surface area contributed by atoms with Gasteiger partial charge in [0.2, 0.25) is 0 Å². The van der Waals surface area contributed by atoms with Crippen LogP contribution in [0.4, 0.5) is 5.82 Å². The molecule has 2 heterocycles. The maximum Gasteiger partial charge on any atom is 0.355 e. The molecule has 0 fully saturated rings. The SMILES string of the molecule is CCOC(=O)c1c(N(C)Cc2ccno2)[nH]c(C(=O)OC(C)(C)C)c1CC. The van der Waals surface area contributed by atoms with Crippen LogP contribution in [0.15, 0.2) is 16.8 Å². The molecule has 0 atom stereocenters. The third-order valence-corrected chi connectivity index (χ3v) is 3.79. The number of hydrogen-bond acceptors (Lipinski definition) is 7. The maximum atomic E-state index is 12.7. The Bertz CT molecular complexity index is 787. The maximum absolute atomic E-state index is 12.7. The number of H-pyrrole nitrogens is 1. The lowest BCUT2D eigenvalue weighted by Gasteiger charge is -2.19. The van der Waals surface area contributed by atoms with Gasteiger partial charge in [-0.1, -0.05) is 12.1 Å². The van der Waals surface area contributed by atoms with Crippen molar-refractivity contribution in [3.05, 3.63) is 34.8 Å². The van der Waals surface area contributed by atoms with Crippen LogP contribution in [-0.2, 0) is 22.4 Å². The summed E-state index contributed by atoms with van der Waals surface area (Å²) in [7, 11) is 1.79. The molecule has 0 unspecified atom stereocenters. The predicted octanol–water partition coefficient (Wildman–Crippen LogP) is 3.33. The molecule has 2 aromatic rings. The number of aromatic nitrogens is 2. The summed E-state index contributed by atoms with van der Waals surface area (Å²) in [6.45, 7) is 9.60. The van der Waals surface area contributed by atoms with E-state index in [1.807, 2.05) is 6.92 Å². The third-order valence-electron chi connectivity index (χ3n) is 3.79. The Balaban J connectivity index is 2.49. The van der Waals surface area contributed by atoms with E-state index in [0.717, 1.165) is 0 Å². The molecule has 0 aliphatic rings. The van der Waals surface area contributed by atoms with E-state index in [4.69, 9.17) is 14.0 Å². The fourth-order valence-corrected chi connectivity index (χ4v) is 2.73. The molecular formula is C19H27N3O5. The van der Waals surface area contributed by atoms with Crippen molar-refractivity contribution in [2.75, 3.05) is 18.6 Å². The molecule has 8 heteroatoms. The number of nitrogens with one attached hydrogen (secondary N) is 1. The van der Waals surface area contributed by atoms with Crippen LogP contribution in [-0.4, -0.2) is 41.3 Å². The lowest BCUT2D eigenvalue weighted by Crippen LogP contribution is -2.25. The molecular weight excluding hydrogens is 350 g/mol. The second-order valence-electron chi connectivity index (χ2n) is 7.11. The zero-order chi connectivity index (χ0) is 20.2. The van der Waals surface area contributed by atoms with Gasteiger partial charge in [-0.05, 0) is 34.1 Å². The first-order valence-corrected chi connectivity index (χ1v) is 8.93. The Morgan fingerprint density at radius 3 is 2.48 bits per heavy atom. The highest BCUT2D eigenvalue weighted by atomic mass is 16.6. The molecule has 0 aromatic carbocycles. The molecule has 8 nitrogen and oxygen atoms in total. The molecule has 1 N–H and O–H groups in total. The number of nitrogens with zero attached hydrogens (tertiary/aromatic N) is 2. The molecule has 2 aromatic heterocycles. The topological polar surface area (TPSA) is 97.7 Å². The van der Waals surface area contributed by atoms with E-state index in [1.165, 1.54) is 0 Å². The minimum atomic E-state index is -0.650. The molecule has 0 amide bonds. The van der Waals surface area contributed by atoms with Gasteiger partial charge >= 0.3 is 11.9 Å². The zero-order valence-electron chi connectivity index (χ0n) is 16.7. The van der Waals surface area contributed by atoms with Gasteiger partial charge in [-0.3, -0.25) is 0 Å². The number of rotatable bonds is 7. The van der Waals surface area contributed by atoms with Crippen molar-refractivity contribution in [1.82, 2.24) is 10.1 Å². The third kappa shape index (κ3) is 4.90. The Hall–Kier alpha value is -2.77. The van der Waals surface area contributed by atoms with Gasteiger partial charge in [0.1, 0.15) is 22.7 Å². The van der Waals surface area contributed by atoms with E-state index in [-0.39, 0.29) is 12.3 Å². The summed E-state index contributed by atoms with van der Waals surface area (Å²) < 4.78 is 15.8. The number of carbonyl (C=O) groups excluding carboxylic acids is 2. The molecule has 0 bridgehead atoms. The van der Waals surface area contributed by atoms with Crippen LogP contribution in [0.1, 0.15) is 66.8 Å². The quantitative estimate of drug-likeness (QED) is 0.739. The Kier molecular flexibility index (Phi) is 6.30. The van der Waals surface area contributed by atoms with Gasteiger partial charge in [0.05, 0.1) is 19.3 Å². The molecule has 148 valence electrons. The zero-order valence-corrected chi connectivity index (χ0v) is 16.7. The first kappa shape index (κ1) is 20.5. The van der Waals surface area contributed by atoms with Crippen LogP contribution >= 0.6 is 0 Å². The molecule has 0 aliphatic heterocycles. The summed E-state index contributed by atoms with van der Waals surface area (Å²) in [5.74, 6) is 0.102. The van der Waals surface area contributed by atoms with Gasteiger partial charge in [-0.15, -0.1) is 0 Å². The summed E-state index contributed by atoms with van der Waals surface area (Å²) in [6.07, 6.45) is 2.02. The molecule has 0 saturated heterocycles. The van der Waals surface area contributed by atoms with Crippen LogP contribution < -0.4 is 4.90 Å². The van der Waals surface area contributed by atoms with E-state index in [2.05, 4.69) is 10.1 Å². The van der Waals surface area contributed by atoms with E-state index >= 15 is 0 Å². The number of hydrogen-bond donors (Lipinski definition) is 1. The molecule has 0 spiro atoms. The van der Waals surface area contributed by atoms with Gasteiger partial charge in [-0.25, -0.2) is 9.59 Å². The average molecular weight is 377 g/mol. The number of carbonyl (C=O) groups is 2. The number of esters is 2. The average Bonchev–Trinajstić information content (AvgIpc) is 3.20. The Morgan fingerprint density at radius 2 is 1.96 bits per heavy atom. The number of anilines is 1. The highest BCUT2D eigenvalue weighted by molar-refractivity contribution is 6.02. The first-order valence-electron chi connectivity index (χ1n) is 8.93. The predicted molar refractivity (Wildman–Crippen MR) is 99.9 cm³/mol. The second-order valence-corrected chi connectivity index (χ2v) is 7.11. The summed E-state index contributed by atoms with van der Waals surface area (Å²) in [5, 5.41) is 3.69. The van der Waals surface area contributed by atoms with Crippen molar-refractivity contribution >= 4 is 17.8 Å². The van der Waals surface area contributed by atoms with Gasteiger partial charge in [-0.2, -0.15) is 0 Å². The van der Waals surface area contributed by atoms with E-state index < -0.39 is 17.5 Å². The standard InChI is InChI=1S/C19H27N3O5/c1-7-13-14(17(23)25-8-2)16(22(6)11-12-9-10-20-27-12)21-15(13)18(24)26-19(3,4)5/h9-10,21H,7-8,11H2,1-6H3. The smallest absolute Gasteiger partial charge is 0.355 e. The minimum Gasteiger partial charge on any atom is -0.462 e. The Morgan fingerprint density at radius 1 is 1.26 bits per heavy atom. The molecule has 0 saturated carbocycles.